The van der Waals surface area contributed by atoms with E-state index in [0.29, 0.717) is 19.0 Å². The Balaban J connectivity index is 1.72. The molecule has 0 spiro atoms. The van der Waals surface area contributed by atoms with Crippen LogP contribution in [0.2, 0.25) is 0 Å². The van der Waals surface area contributed by atoms with Crippen molar-refractivity contribution >= 4 is 33.7 Å². The number of rotatable bonds is 10. The smallest absolute Gasteiger partial charge is 0.322 e. The molecule has 1 heterocycles. The molecule has 0 aliphatic heterocycles. The third-order valence-corrected chi connectivity index (χ3v) is 7.64. The van der Waals surface area contributed by atoms with E-state index in [1.165, 1.54) is 28.6 Å². The quantitative estimate of drug-likeness (QED) is 0.431. The van der Waals surface area contributed by atoms with E-state index in [0.717, 1.165) is 23.3 Å². The van der Waals surface area contributed by atoms with E-state index in [9.17, 15) is 13.2 Å². The summed E-state index contributed by atoms with van der Waals surface area (Å²) in [6, 6.07) is 13.4. The number of nitrogens with one attached hydrogen (secondary N) is 1. The number of thioether (sulfide) groups is 1. The topological polar surface area (TPSA) is 105 Å². The summed E-state index contributed by atoms with van der Waals surface area (Å²) in [7, 11) is -3.60. The first-order chi connectivity index (χ1) is 15.4. The van der Waals surface area contributed by atoms with Gasteiger partial charge in [0.25, 0.3) is 11.8 Å². The maximum Gasteiger partial charge on any atom is 0.322 e. The molecule has 0 bridgehead atoms. The van der Waals surface area contributed by atoms with Gasteiger partial charge in [-0.2, -0.15) is 4.31 Å². The lowest BCUT2D eigenvalue weighted by molar-refractivity contribution is 0.102. The summed E-state index contributed by atoms with van der Waals surface area (Å²) in [5, 5.41) is 10.5. The van der Waals surface area contributed by atoms with Crippen molar-refractivity contribution in [2.24, 2.45) is 0 Å². The summed E-state index contributed by atoms with van der Waals surface area (Å²) in [6.07, 6.45) is 3.65. The number of hydrogen-bond donors (Lipinski definition) is 1. The van der Waals surface area contributed by atoms with Crippen LogP contribution in [0.5, 0.6) is 0 Å². The molecule has 8 nitrogen and oxygen atoms in total. The SMILES string of the molecule is CCCCN(CC)S(=O)(=O)c1ccc(C(=O)Nc2nnc(-c3ccccc3SC)o2)cc1. The minimum atomic E-state index is -3.60. The van der Waals surface area contributed by atoms with E-state index in [-0.39, 0.29) is 16.5 Å². The fourth-order valence-corrected chi connectivity index (χ4v) is 5.16. The predicted octanol–water partition coefficient (Wildman–Crippen LogP) is 4.52. The van der Waals surface area contributed by atoms with E-state index in [1.807, 2.05) is 44.4 Å². The number of nitrogens with zero attached hydrogens (tertiary/aromatic N) is 3. The Morgan fingerprint density at radius 3 is 2.47 bits per heavy atom. The highest BCUT2D eigenvalue weighted by Gasteiger charge is 2.23. The summed E-state index contributed by atoms with van der Waals surface area (Å²) in [4.78, 5) is 13.7. The first kappa shape index (κ1) is 24.0. The molecule has 3 rings (SSSR count). The average Bonchev–Trinajstić information content (AvgIpc) is 3.27. The molecule has 1 aromatic heterocycles. The second kappa shape index (κ2) is 10.8. The molecule has 2 aromatic carbocycles. The molecule has 10 heteroatoms. The zero-order chi connectivity index (χ0) is 23.1. The highest BCUT2D eigenvalue weighted by Crippen LogP contribution is 2.29. The number of carbonyl (C=O) groups excluding carboxylic acids is 1. The van der Waals surface area contributed by atoms with Gasteiger partial charge in [0.2, 0.25) is 10.0 Å². The lowest BCUT2D eigenvalue weighted by Crippen LogP contribution is -2.31. The van der Waals surface area contributed by atoms with Gasteiger partial charge in [-0.15, -0.1) is 16.9 Å². The normalized spacial score (nSPS) is 11.6. The second-order valence-corrected chi connectivity index (χ2v) is 9.73. The Morgan fingerprint density at radius 1 is 1.09 bits per heavy atom. The number of anilines is 1. The van der Waals surface area contributed by atoms with Crippen molar-refractivity contribution in [3.8, 4) is 11.5 Å². The molecule has 0 atom stereocenters. The van der Waals surface area contributed by atoms with Crippen LogP contribution in [0.1, 0.15) is 37.0 Å². The van der Waals surface area contributed by atoms with Crippen molar-refractivity contribution in [2.45, 2.75) is 36.5 Å². The van der Waals surface area contributed by atoms with Crippen LogP contribution < -0.4 is 5.32 Å². The van der Waals surface area contributed by atoms with Crippen molar-refractivity contribution in [3.05, 3.63) is 54.1 Å². The standard InChI is InChI=1S/C22H26N4O4S2/c1-4-6-15-26(5-2)32(28,29)17-13-11-16(12-14-17)20(27)23-22-25-24-21(30-22)18-9-7-8-10-19(18)31-3/h7-14H,4-6,15H2,1-3H3,(H,23,25,27). The van der Waals surface area contributed by atoms with E-state index in [2.05, 4.69) is 15.5 Å². The van der Waals surface area contributed by atoms with Gasteiger partial charge < -0.3 is 4.42 Å². The van der Waals surface area contributed by atoms with Crippen LogP contribution in [0.15, 0.2) is 62.7 Å². The number of benzene rings is 2. The van der Waals surface area contributed by atoms with Crippen LogP contribution in [0.25, 0.3) is 11.5 Å². The maximum atomic E-state index is 12.8. The van der Waals surface area contributed by atoms with Crippen LogP contribution in [-0.2, 0) is 10.0 Å². The van der Waals surface area contributed by atoms with Gasteiger partial charge in [-0.1, -0.05) is 37.5 Å². The zero-order valence-corrected chi connectivity index (χ0v) is 19.9. The molecular formula is C22H26N4O4S2. The fourth-order valence-electron chi connectivity index (χ4n) is 3.08. The number of unbranched alkanes of at least 4 members (excludes halogenated alkanes) is 1. The molecule has 0 radical (unpaired) electrons. The predicted molar refractivity (Wildman–Crippen MR) is 125 cm³/mol. The second-order valence-electron chi connectivity index (χ2n) is 6.94. The molecule has 3 aromatic rings. The van der Waals surface area contributed by atoms with Crippen LogP contribution in [0.4, 0.5) is 6.01 Å². The van der Waals surface area contributed by atoms with Gasteiger partial charge in [0.05, 0.1) is 10.5 Å². The van der Waals surface area contributed by atoms with E-state index in [1.54, 1.807) is 11.8 Å². The highest BCUT2D eigenvalue weighted by molar-refractivity contribution is 7.98. The largest absolute Gasteiger partial charge is 0.403 e. The molecule has 0 fully saturated rings. The van der Waals surface area contributed by atoms with Gasteiger partial charge in [-0.25, -0.2) is 8.42 Å². The first-order valence-electron chi connectivity index (χ1n) is 10.3. The number of sulfonamides is 1. The molecule has 170 valence electrons. The summed E-state index contributed by atoms with van der Waals surface area (Å²) in [5.74, 6) is -0.168. The Hall–Kier alpha value is -2.69. The summed E-state index contributed by atoms with van der Waals surface area (Å²) in [6.45, 7) is 4.69. The van der Waals surface area contributed by atoms with Crippen LogP contribution in [0, 0.1) is 0 Å². The summed E-state index contributed by atoms with van der Waals surface area (Å²) < 4.78 is 32.7. The van der Waals surface area contributed by atoms with Gasteiger partial charge in [-0.05, 0) is 49.1 Å². The summed E-state index contributed by atoms with van der Waals surface area (Å²) >= 11 is 1.55. The Bertz CT molecular complexity index is 1160. The lowest BCUT2D eigenvalue weighted by Gasteiger charge is -2.20. The Morgan fingerprint density at radius 2 is 1.81 bits per heavy atom. The van der Waals surface area contributed by atoms with Crippen LogP contribution >= 0.6 is 11.8 Å². The third-order valence-electron chi connectivity index (χ3n) is 4.85. The van der Waals surface area contributed by atoms with Crippen molar-refractivity contribution in [1.82, 2.24) is 14.5 Å². The van der Waals surface area contributed by atoms with E-state index < -0.39 is 15.9 Å². The van der Waals surface area contributed by atoms with Gasteiger partial charge in [0, 0.05) is 23.5 Å². The molecule has 0 saturated carbocycles. The van der Waals surface area contributed by atoms with E-state index in [4.69, 9.17) is 4.42 Å². The van der Waals surface area contributed by atoms with Crippen LogP contribution in [-0.4, -0.2) is 48.2 Å². The lowest BCUT2D eigenvalue weighted by atomic mass is 10.2. The Labute approximate surface area is 192 Å². The minimum Gasteiger partial charge on any atom is -0.403 e. The van der Waals surface area contributed by atoms with Gasteiger partial charge in [0.1, 0.15) is 0 Å². The van der Waals surface area contributed by atoms with E-state index >= 15 is 0 Å². The van der Waals surface area contributed by atoms with Gasteiger partial charge in [-0.3, -0.25) is 10.1 Å². The molecule has 0 saturated heterocycles. The van der Waals surface area contributed by atoms with Crippen molar-refractivity contribution in [1.29, 1.82) is 0 Å². The monoisotopic (exact) mass is 474 g/mol. The van der Waals surface area contributed by atoms with Gasteiger partial charge in [0.15, 0.2) is 0 Å². The van der Waals surface area contributed by atoms with Gasteiger partial charge >= 0.3 is 6.01 Å². The third kappa shape index (κ3) is 5.37. The van der Waals surface area contributed by atoms with Crippen molar-refractivity contribution in [3.63, 3.8) is 0 Å². The minimum absolute atomic E-state index is 0.0330. The number of carbonyl (C=O) groups is 1. The maximum absolute atomic E-state index is 12.8. The average molecular weight is 475 g/mol. The van der Waals surface area contributed by atoms with Crippen molar-refractivity contribution in [2.75, 3.05) is 24.7 Å². The summed E-state index contributed by atoms with van der Waals surface area (Å²) in [5.41, 5.74) is 1.07. The fraction of sp³-hybridized carbons (Fsp3) is 0.318. The zero-order valence-electron chi connectivity index (χ0n) is 18.2. The molecule has 0 unspecified atom stereocenters. The molecular weight excluding hydrogens is 448 g/mol. The highest BCUT2D eigenvalue weighted by atomic mass is 32.2. The van der Waals surface area contributed by atoms with Crippen molar-refractivity contribution < 1.29 is 17.6 Å². The molecule has 1 amide bonds. The molecule has 32 heavy (non-hydrogen) atoms. The van der Waals surface area contributed by atoms with Crippen LogP contribution in [0.3, 0.4) is 0 Å². The number of amides is 1. The number of aromatic nitrogens is 2. The Kier molecular flexibility index (Phi) is 8.05. The molecule has 0 aliphatic carbocycles. The first-order valence-corrected chi connectivity index (χ1v) is 13.0. The number of hydrogen-bond acceptors (Lipinski definition) is 7. The molecule has 0 aliphatic rings. The molecule has 1 N–H and O–H groups in total.